The zero-order chi connectivity index (χ0) is 22.5. The maximum absolute atomic E-state index is 13.2. The van der Waals surface area contributed by atoms with Gasteiger partial charge in [0.15, 0.2) is 11.5 Å². The highest BCUT2D eigenvalue weighted by atomic mass is 32.1. The van der Waals surface area contributed by atoms with E-state index in [0.717, 1.165) is 34.1 Å². The molecule has 2 aromatic carbocycles. The SMILES string of the molecule is CN(C)CCN(Cc1cccc(C#N)c1)C(=O)Cc1csc(-c2ccc3c(c2)OCO3)n1. The summed E-state index contributed by atoms with van der Waals surface area (Å²) in [6.07, 6.45) is 0.229. The molecule has 32 heavy (non-hydrogen) atoms. The zero-order valence-electron chi connectivity index (χ0n) is 18.1. The van der Waals surface area contributed by atoms with Gasteiger partial charge in [-0.1, -0.05) is 12.1 Å². The average molecular weight is 449 g/mol. The Morgan fingerprint density at radius 2 is 2.00 bits per heavy atom. The number of hydrogen-bond acceptors (Lipinski definition) is 7. The molecule has 0 aliphatic carbocycles. The van der Waals surface area contributed by atoms with E-state index in [0.29, 0.717) is 24.4 Å². The van der Waals surface area contributed by atoms with E-state index >= 15 is 0 Å². The number of likely N-dealkylation sites (N-methyl/N-ethyl adjacent to an activating group) is 1. The maximum atomic E-state index is 13.2. The van der Waals surface area contributed by atoms with Crippen LogP contribution in [0.15, 0.2) is 47.8 Å². The molecule has 1 aromatic heterocycles. The Bertz CT molecular complexity index is 1150. The Kier molecular flexibility index (Phi) is 6.69. The summed E-state index contributed by atoms with van der Waals surface area (Å²) < 4.78 is 10.8. The molecule has 0 spiro atoms. The Morgan fingerprint density at radius 3 is 2.81 bits per heavy atom. The van der Waals surface area contributed by atoms with Gasteiger partial charge in [0.25, 0.3) is 0 Å². The molecule has 0 bridgehead atoms. The second kappa shape index (κ2) is 9.81. The molecule has 0 unspecified atom stereocenters. The van der Waals surface area contributed by atoms with Gasteiger partial charge in [-0.05, 0) is 50.0 Å². The summed E-state index contributed by atoms with van der Waals surface area (Å²) in [6.45, 7) is 2.04. The van der Waals surface area contributed by atoms with Crippen molar-refractivity contribution in [1.29, 1.82) is 5.26 Å². The standard InChI is InChI=1S/C24H24N4O3S/c1-27(2)8-9-28(14-18-5-3-4-17(10-18)13-25)23(29)12-20-15-32-24(26-20)19-6-7-21-22(11-19)31-16-30-21/h3-7,10-11,15H,8-9,12,14,16H2,1-2H3. The van der Waals surface area contributed by atoms with Gasteiger partial charge in [-0.3, -0.25) is 4.79 Å². The topological polar surface area (TPSA) is 78.7 Å². The van der Waals surface area contributed by atoms with E-state index in [1.54, 1.807) is 6.07 Å². The monoisotopic (exact) mass is 448 g/mol. The average Bonchev–Trinajstić information content (AvgIpc) is 3.45. The number of nitriles is 1. The van der Waals surface area contributed by atoms with Crippen LogP contribution in [0.1, 0.15) is 16.8 Å². The van der Waals surface area contributed by atoms with Crippen LogP contribution < -0.4 is 9.47 Å². The van der Waals surface area contributed by atoms with E-state index in [4.69, 9.17) is 14.7 Å². The molecule has 3 aromatic rings. The number of nitrogens with zero attached hydrogens (tertiary/aromatic N) is 4. The van der Waals surface area contributed by atoms with Crippen LogP contribution in [-0.2, 0) is 17.8 Å². The molecule has 0 atom stereocenters. The van der Waals surface area contributed by atoms with E-state index < -0.39 is 0 Å². The largest absolute Gasteiger partial charge is 0.454 e. The summed E-state index contributed by atoms with van der Waals surface area (Å²) >= 11 is 1.51. The Hall–Kier alpha value is -3.41. The molecule has 0 saturated heterocycles. The van der Waals surface area contributed by atoms with E-state index in [2.05, 4.69) is 11.1 Å². The molecular weight excluding hydrogens is 424 g/mol. The van der Waals surface area contributed by atoms with Crippen molar-refractivity contribution in [3.63, 3.8) is 0 Å². The number of aromatic nitrogens is 1. The number of carbonyl (C=O) groups is 1. The van der Waals surface area contributed by atoms with E-state index in [9.17, 15) is 4.79 Å². The lowest BCUT2D eigenvalue weighted by atomic mass is 10.1. The normalized spacial score (nSPS) is 12.1. The van der Waals surface area contributed by atoms with E-state index in [1.165, 1.54) is 11.3 Å². The highest BCUT2D eigenvalue weighted by Crippen LogP contribution is 2.36. The van der Waals surface area contributed by atoms with Crippen LogP contribution >= 0.6 is 11.3 Å². The minimum Gasteiger partial charge on any atom is -0.454 e. The summed E-state index contributed by atoms with van der Waals surface area (Å²) in [6, 6.07) is 15.3. The fraction of sp³-hybridized carbons (Fsp3) is 0.292. The van der Waals surface area contributed by atoms with Crippen molar-refractivity contribution in [3.8, 4) is 28.1 Å². The van der Waals surface area contributed by atoms with Crippen LogP contribution in [0.5, 0.6) is 11.5 Å². The van der Waals surface area contributed by atoms with Crippen molar-refractivity contribution in [2.45, 2.75) is 13.0 Å². The summed E-state index contributed by atoms with van der Waals surface area (Å²) in [4.78, 5) is 21.7. The van der Waals surface area contributed by atoms with Gasteiger partial charge in [-0.15, -0.1) is 11.3 Å². The number of hydrogen-bond donors (Lipinski definition) is 0. The zero-order valence-corrected chi connectivity index (χ0v) is 18.9. The number of benzene rings is 2. The molecule has 0 fully saturated rings. The van der Waals surface area contributed by atoms with Crippen molar-refractivity contribution in [3.05, 3.63) is 64.7 Å². The second-order valence-electron chi connectivity index (χ2n) is 7.82. The molecule has 2 heterocycles. The van der Waals surface area contributed by atoms with Crippen molar-refractivity contribution < 1.29 is 14.3 Å². The lowest BCUT2D eigenvalue weighted by Gasteiger charge is -2.24. The van der Waals surface area contributed by atoms with Gasteiger partial charge in [0.2, 0.25) is 12.7 Å². The van der Waals surface area contributed by atoms with Gasteiger partial charge in [-0.2, -0.15) is 5.26 Å². The van der Waals surface area contributed by atoms with Gasteiger partial charge < -0.3 is 19.3 Å². The molecule has 164 valence electrons. The molecule has 0 saturated carbocycles. The van der Waals surface area contributed by atoms with Gasteiger partial charge in [-0.25, -0.2) is 4.98 Å². The molecule has 8 heteroatoms. The van der Waals surface area contributed by atoms with E-state index in [-0.39, 0.29) is 19.1 Å². The fourth-order valence-corrected chi connectivity index (χ4v) is 4.21. The summed E-state index contributed by atoms with van der Waals surface area (Å²) in [5.41, 5.74) is 3.22. The number of rotatable bonds is 8. The Labute approximate surface area is 191 Å². The Morgan fingerprint density at radius 1 is 1.16 bits per heavy atom. The first-order valence-corrected chi connectivity index (χ1v) is 11.2. The third-order valence-corrected chi connectivity index (χ3v) is 6.04. The summed E-state index contributed by atoms with van der Waals surface area (Å²) in [5.74, 6) is 1.46. The van der Waals surface area contributed by atoms with Crippen LogP contribution in [0.25, 0.3) is 10.6 Å². The third kappa shape index (κ3) is 5.25. The Balaban J connectivity index is 1.47. The van der Waals surface area contributed by atoms with Gasteiger partial charge in [0, 0.05) is 30.6 Å². The highest BCUT2D eigenvalue weighted by Gasteiger charge is 2.19. The minimum atomic E-state index is 0.0109. The molecule has 0 N–H and O–H groups in total. The molecule has 1 amide bonds. The molecule has 7 nitrogen and oxygen atoms in total. The smallest absolute Gasteiger partial charge is 0.231 e. The minimum absolute atomic E-state index is 0.0109. The molecule has 4 rings (SSSR count). The summed E-state index contributed by atoms with van der Waals surface area (Å²) in [5, 5.41) is 11.9. The quantitative estimate of drug-likeness (QED) is 0.525. The van der Waals surface area contributed by atoms with Crippen molar-refractivity contribution in [1.82, 2.24) is 14.8 Å². The molecule has 1 aliphatic heterocycles. The first-order chi connectivity index (χ1) is 15.5. The number of amides is 1. The number of thiazole rings is 1. The van der Waals surface area contributed by atoms with Gasteiger partial charge in [0.05, 0.1) is 23.7 Å². The third-order valence-electron chi connectivity index (χ3n) is 5.10. The first kappa shape index (κ1) is 21.8. The van der Waals surface area contributed by atoms with Gasteiger partial charge in [0.1, 0.15) is 5.01 Å². The van der Waals surface area contributed by atoms with Crippen molar-refractivity contribution >= 4 is 17.2 Å². The predicted molar refractivity (Wildman–Crippen MR) is 123 cm³/mol. The predicted octanol–water partition coefficient (Wildman–Crippen LogP) is 3.54. The van der Waals surface area contributed by atoms with Crippen LogP contribution in [0.2, 0.25) is 0 Å². The molecule has 1 aliphatic rings. The fourth-order valence-electron chi connectivity index (χ4n) is 3.39. The van der Waals surface area contributed by atoms with Crippen LogP contribution in [0.4, 0.5) is 0 Å². The van der Waals surface area contributed by atoms with Gasteiger partial charge >= 0.3 is 0 Å². The molecular formula is C24H24N4O3S. The van der Waals surface area contributed by atoms with Crippen LogP contribution in [0.3, 0.4) is 0 Å². The molecule has 0 radical (unpaired) electrons. The van der Waals surface area contributed by atoms with Crippen LogP contribution in [-0.4, -0.2) is 54.7 Å². The highest BCUT2D eigenvalue weighted by molar-refractivity contribution is 7.13. The first-order valence-electron chi connectivity index (χ1n) is 10.3. The number of ether oxygens (including phenoxy) is 2. The lowest BCUT2D eigenvalue weighted by Crippen LogP contribution is -2.37. The summed E-state index contributed by atoms with van der Waals surface area (Å²) in [7, 11) is 3.97. The van der Waals surface area contributed by atoms with Crippen molar-refractivity contribution in [2.24, 2.45) is 0 Å². The lowest BCUT2D eigenvalue weighted by molar-refractivity contribution is -0.131. The second-order valence-corrected chi connectivity index (χ2v) is 8.68. The number of fused-ring (bicyclic) bond motifs is 1. The van der Waals surface area contributed by atoms with Crippen molar-refractivity contribution in [2.75, 3.05) is 34.0 Å². The van der Waals surface area contributed by atoms with E-state index in [1.807, 2.05) is 65.7 Å². The number of carbonyl (C=O) groups excluding carboxylic acids is 1. The van der Waals surface area contributed by atoms with Crippen LogP contribution in [0, 0.1) is 11.3 Å². The maximum Gasteiger partial charge on any atom is 0.231 e.